The molecular weight excluding hydrogens is 375 g/mol. The first-order valence-electron chi connectivity index (χ1n) is 8.55. The van der Waals surface area contributed by atoms with Crippen LogP contribution in [-0.2, 0) is 11.3 Å². The van der Waals surface area contributed by atoms with Gasteiger partial charge in [0, 0.05) is 0 Å². The summed E-state index contributed by atoms with van der Waals surface area (Å²) in [6.45, 7) is 0.166. The maximum atomic E-state index is 13.2. The van der Waals surface area contributed by atoms with E-state index in [0.29, 0.717) is 11.3 Å². The molecular formula is C22H15FN2O4. The van der Waals surface area contributed by atoms with Gasteiger partial charge in [0.15, 0.2) is 0 Å². The molecule has 0 aliphatic rings. The number of nitrogens with zero attached hydrogens (tertiary/aromatic N) is 1. The van der Waals surface area contributed by atoms with Crippen molar-refractivity contribution < 1.29 is 23.1 Å². The third-order valence-corrected chi connectivity index (χ3v) is 3.83. The van der Waals surface area contributed by atoms with Gasteiger partial charge in [-0.05, 0) is 54.1 Å². The SMILES string of the molecule is N#C/C(=C\c1ccc(OC(=O)c2cccc(F)c2)cc1)C(=O)NCc1ccco1. The highest BCUT2D eigenvalue weighted by atomic mass is 19.1. The maximum Gasteiger partial charge on any atom is 0.343 e. The number of furan rings is 1. The normalized spacial score (nSPS) is 10.8. The van der Waals surface area contributed by atoms with E-state index in [-0.39, 0.29) is 23.4 Å². The minimum Gasteiger partial charge on any atom is -0.467 e. The molecule has 0 radical (unpaired) electrons. The third-order valence-electron chi connectivity index (χ3n) is 3.83. The van der Waals surface area contributed by atoms with Gasteiger partial charge in [0.2, 0.25) is 0 Å². The summed E-state index contributed by atoms with van der Waals surface area (Å²) in [5.41, 5.74) is 0.579. The van der Waals surface area contributed by atoms with Gasteiger partial charge < -0.3 is 14.5 Å². The van der Waals surface area contributed by atoms with E-state index >= 15 is 0 Å². The van der Waals surface area contributed by atoms with Crippen molar-refractivity contribution in [2.24, 2.45) is 0 Å². The minimum atomic E-state index is -0.692. The lowest BCUT2D eigenvalue weighted by molar-refractivity contribution is -0.117. The largest absolute Gasteiger partial charge is 0.467 e. The van der Waals surface area contributed by atoms with Gasteiger partial charge >= 0.3 is 5.97 Å². The molecule has 0 fully saturated rings. The first kappa shape index (κ1) is 19.6. The average molecular weight is 390 g/mol. The summed E-state index contributed by atoms with van der Waals surface area (Å²) in [5.74, 6) is -0.945. The first-order valence-corrected chi connectivity index (χ1v) is 8.55. The van der Waals surface area contributed by atoms with Crippen LogP contribution >= 0.6 is 0 Å². The molecule has 1 amide bonds. The van der Waals surface area contributed by atoms with Crippen LogP contribution in [0.4, 0.5) is 4.39 Å². The van der Waals surface area contributed by atoms with Crippen molar-refractivity contribution in [3.8, 4) is 11.8 Å². The second-order valence-corrected chi connectivity index (χ2v) is 5.90. The van der Waals surface area contributed by atoms with Crippen LogP contribution in [-0.4, -0.2) is 11.9 Å². The van der Waals surface area contributed by atoms with Crippen molar-refractivity contribution in [2.75, 3.05) is 0 Å². The lowest BCUT2D eigenvalue weighted by Gasteiger charge is -2.05. The molecule has 6 nitrogen and oxygen atoms in total. The molecule has 29 heavy (non-hydrogen) atoms. The van der Waals surface area contributed by atoms with Crippen molar-refractivity contribution in [1.82, 2.24) is 5.32 Å². The summed E-state index contributed by atoms with van der Waals surface area (Å²) < 4.78 is 23.5. The highest BCUT2D eigenvalue weighted by Gasteiger charge is 2.11. The molecule has 0 saturated carbocycles. The van der Waals surface area contributed by atoms with Gasteiger partial charge in [0.1, 0.15) is 29.0 Å². The van der Waals surface area contributed by atoms with Crippen molar-refractivity contribution in [2.45, 2.75) is 6.54 Å². The number of halogens is 1. The number of nitrogens with one attached hydrogen (secondary N) is 1. The number of hydrogen-bond acceptors (Lipinski definition) is 5. The van der Waals surface area contributed by atoms with Gasteiger partial charge in [-0.2, -0.15) is 5.26 Å². The van der Waals surface area contributed by atoms with Crippen molar-refractivity contribution in [3.05, 3.63) is 95.2 Å². The molecule has 0 bridgehead atoms. The Morgan fingerprint density at radius 3 is 2.59 bits per heavy atom. The second kappa shape index (κ2) is 9.15. The second-order valence-electron chi connectivity index (χ2n) is 5.90. The molecule has 1 aromatic heterocycles. The molecule has 0 spiro atoms. The Kier molecular flexibility index (Phi) is 6.18. The zero-order chi connectivity index (χ0) is 20.6. The number of nitriles is 1. The summed E-state index contributed by atoms with van der Waals surface area (Å²) in [7, 11) is 0. The number of ether oxygens (including phenoxy) is 1. The van der Waals surface area contributed by atoms with Gasteiger partial charge in [0.05, 0.1) is 18.4 Å². The number of amides is 1. The molecule has 3 aromatic rings. The topological polar surface area (TPSA) is 92.3 Å². The van der Waals surface area contributed by atoms with Crippen LogP contribution < -0.4 is 10.1 Å². The smallest absolute Gasteiger partial charge is 0.343 e. The standard InChI is InChI=1S/C22H15FN2O4/c23-18-4-1-3-16(12-18)22(27)29-19-8-6-15(7-9-19)11-17(13-24)21(26)25-14-20-5-2-10-28-20/h1-12H,14H2,(H,25,26)/b17-11+. The molecule has 7 heteroatoms. The summed E-state index contributed by atoms with van der Waals surface area (Å²) in [6, 6.07) is 16.6. The van der Waals surface area contributed by atoms with Crippen molar-refractivity contribution >= 4 is 18.0 Å². The third kappa shape index (κ3) is 5.40. The molecule has 1 N–H and O–H groups in total. The van der Waals surface area contributed by atoms with Crippen LogP contribution in [0.5, 0.6) is 5.75 Å². The summed E-state index contributed by atoms with van der Waals surface area (Å²) >= 11 is 0. The molecule has 0 aliphatic carbocycles. The van der Waals surface area contributed by atoms with Crippen LogP contribution in [0.25, 0.3) is 6.08 Å². The number of benzene rings is 2. The van der Waals surface area contributed by atoms with Crippen molar-refractivity contribution in [1.29, 1.82) is 5.26 Å². The van der Waals surface area contributed by atoms with E-state index in [1.165, 1.54) is 42.7 Å². The van der Waals surface area contributed by atoms with Gasteiger partial charge in [-0.3, -0.25) is 4.79 Å². The minimum absolute atomic E-state index is 0.0824. The van der Waals surface area contributed by atoms with Crippen LogP contribution in [0.15, 0.2) is 76.9 Å². The fraction of sp³-hybridized carbons (Fsp3) is 0.0455. The Labute approximate surface area is 165 Å². The highest BCUT2D eigenvalue weighted by Crippen LogP contribution is 2.17. The van der Waals surface area contributed by atoms with E-state index in [9.17, 15) is 19.2 Å². The number of rotatable bonds is 6. The average Bonchev–Trinajstić information content (AvgIpc) is 3.25. The molecule has 3 rings (SSSR count). The van der Waals surface area contributed by atoms with E-state index in [1.54, 1.807) is 24.3 Å². The number of carbonyl (C=O) groups excluding carboxylic acids is 2. The highest BCUT2D eigenvalue weighted by molar-refractivity contribution is 6.01. The zero-order valence-electron chi connectivity index (χ0n) is 15.1. The summed E-state index contributed by atoms with van der Waals surface area (Å²) in [4.78, 5) is 24.2. The van der Waals surface area contributed by atoms with Crippen LogP contribution in [0, 0.1) is 17.1 Å². The number of hydrogen-bond donors (Lipinski definition) is 1. The lowest BCUT2D eigenvalue weighted by atomic mass is 10.1. The Hall–Kier alpha value is -4.18. The molecule has 2 aromatic carbocycles. The van der Waals surface area contributed by atoms with E-state index in [1.807, 2.05) is 6.07 Å². The predicted octanol–water partition coefficient (Wildman–Crippen LogP) is 3.86. The molecule has 0 aliphatic heterocycles. The Morgan fingerprint density at radius 1 is 1.14 bits per heavy atom. The molecule has 144 valence electrons. The van der Waals surface area contributed by atoms with E-state index < -0.39 is 17.7 Å². The van der Waals surface area contributed by atoms with E-state index in [4.69, 9.17) is 9.15 Å². The van der Waals surface area contributed by atoms with E-state index in [2.05, 4.69) is 5.32 Å². The number of carbonyl (C=O) groups is 2. The molecule has 0 unspecified atom stereocenters. The molecule has 0 atom stereocenters. The number of esters is 1. The van der Waals surface area contributed by atoms with Crippen molar-refractivity contribution in [3.63, 3.8) is 0 Å². The van der Waals surface area contributed by atoms with Crippen LogP contribution in [0.1, 0.15) is 21.7 Å². The Bertz CT molecular complexity index is 1080. The summed E-state index contributed by atoms with van der Waals surface area (Å²) in [6.07, 6.45) is 2.90. The fourth-order valence-electron chi connectivity index (χ4n) is 2.40. The van der Waals surface area contributed by atoms with Crippen LogP contribution in [0.3, 0.4) is 0 Å². The van der Waals surface area contributed by atoms with Gasteiger partial charge in [0.25, 0.3) is 5.91 Å². The quantitative estimate of drug-likeness (QED) is 0.299. The fourth-order valence-corrected chi connectivity index (χ4v) is 2.40. The monoisotopic (exact) mass is 390 g/mol. The lowest BCUT2D eigenvalue weighted by Crippen LogP contribution is -2.23. The van der Waals surface area contributed by atoms with E-state index in [0.717, 1.165) is 6.07 Å². The first-order chi connectivity index (χ1) is 14.0. The predicted molar refractivity (Wildman–Crippen MR) is 102 cm³/mol. The Morgan fingerprint density at radius 2 is 1.93 bits per heavy atom. The van der Waals surface area contributed by atoms with Gasteiger partial charge in [-0.25, -0.2) is 9.18 Å². The maximum absolute atomic E-state index is 13.2. The zero-order valence-corrected chi connectivity index (χ0v) is 15.1. The molecule has 1 heterocycles. The van der Waals surface area contributed by atoms with Crippen LogP contribution in [0.2, 0.25) is 0 Å². The summed E-state index contributed by atoms with van der Waals surface area (Å²) in [5, 5.41) is 11.8. The van der Waals surface area contributed by atoms with Gasteiger partial charge in [-0.1, -0.05) is 18.2 Å². The Balaban J connectivity index is 1.64. The van der Waals surface area contributed by atoms with Gasteiger partial charge in [-0.15, -0.1) is 0 Å². The molecule has 0 saturated heterocycles.